The van der Waals surface area contributed by atoms with E-state index in [4.69, 9.17) is 10.1 Å². The van der Waals surface area contributed by atoms with E-state index in [0.717, 1.165) is 23.5 Å². The fourth-order valence-electron chi connectivity index (χ4n) is 2.72. The van der Waals surface area contributed by atoms with Crippen LogP contribution in [0.3, 0.4) is 0 Å². The molecule has 0 unspecified atom stereocenters. The number of imidazole rings is 1. The summed E-state index contributed by atoms with van der Waals surface area (Å²) >= 11 is 1.73. The minimum atomic E-state index is 0.640. The molecule has 0 atom stereocenters. The molecule has 0 amide bonds. The summed E-state index contributed by atoms with van der Waals surface area (Å²) in [7, 11) is 0. The highest BCUT2D eigenvalue weighted by molar-refractivity contribution is 7.16. The minimum Gasteiger partial charge on any atom is -0.217 e. The zero-order valence-electron chi connectivity index (χ0n) is 11.1. The summed E-state index contributed by atoms with van der Waals surface area (Å²) in [6, 6.07) is 8.52. The predicted molar refractivity (Wildman–Crippen MR) is 77.6 cm³/mol. The van der Waals surface area contributed by atoms with E-state index in [-0.39, 0.29) is 0 Å². The van der Waals surface area contributed by atoms with Crippen molar-refractivity contribution in [3.8, 4) is 11.3 Å². The Hall–Kier alpha value is -1.68. The van der Waals surface area contributed by atoms with E-state index in [2.05, 4.69) is 42.6 Å². The third-order valence-electron chi connectivity index (χ3n) is 3.55. The third-order valence-corrected chi connectivity index (χ3v) is 4.48. The fraction of sp³-hybridized carbons (Fsp3) is 0.333. The standard InChI is InChI=1S/C15H15N3S/c1-9(2)7-13-17-18-12-8-10-5-3-4-6-11(10)14(12)16-15(18)19-13/h3-6,9H,7-8H2,1-2H3. The van der Waals surface area contributed by atoms with Gasteiger partial charge in [-0.1, -0.05) is 49.4 Å². The number of fused-ring (bicyclic) bond motifs is 5. The number of aromatic nitrogens is 3. The van der Waals surface area contributed by atoms with Crippen LogP contribution in [0.25, 0.3) is 16.2 Å². The summed E-state index contributed by atoms with van der Waals surface area (Å²) in [6.07, 6.45) is 1.99. The Labute approximate surface area is 115 Å². The van der Waals surface area contributed by atoms with Gasteiger partial charge in [-0.15, -0.1) is 0 Å². The molecule has 1 aliphatic rings. The predicted octanol–water partition coefficient (Wildman–Crippen LogP) is 3.56. The van der Waals surface area contributed by atoms with E-state index in [1.54, 1.807) is 11.3 Å². The van der Waals surface area contributed by atoms with Gasteiger partial charge in [0.05, 0.1) is 11.4 Å². The molecule has 0 N–H and O–H groups in total. The highest BCUT2D eigenvalue weighted by Gasteiger charge is 2.25. The van der Waals surface area contributed by atoms with Crippen molar-refractivity contribution in [2.24, 2.45) is 5.92 Å². The normalized spacial score (nSPS) is 13.2. The lowest BCUT2D eigenvalue weighted by Crippen LogP contribution is -1.97. The maximum Gasteiger partial charge on any atom is 0.212 e. The van der Waals surface area contributed by atoms with E-state index in [9.17, 15) is 0 Å². The summed E-state index contributed by atoms with van der Waals surface area (Å²) in [5.41, 5.74) is 5.03. The Kier molecular flexibility index (Phi) is 2.30. The van der Waals surface area contributed by atoms with Crippen LogP contribution in [0, 0.1) is 5.92 Å². The molecule has 0 aliphatic heterocycles. The monoisotopic (exact) mass is 269 g/mol. The van der Waals surface area contributed by atoms with E-state index in [1.807, 2.05) is 0 Å². The van der Waals surface area contributed by atoms with Crippen LogP contribution in [0.15, 0.2) is 24.3 Å². The molecule has 3 aromatic rings. The molecule has 2 heterocycles. The molecule has 4 heteroatoms. The lowest BCUT2D eigenvalue weighted by atomic mass is 10.1. The van der Waals surface area contributed by atoms with Gasteiger partial charge in [0.2, 0.25) is 4.96 Å². The van der Waals surface area contributed by atoms with Crippen molar-refractivity contribution in [3.63, 3.8) is 0 Å². The average Bonchev–Trinajstić information content (AvgIpc) is 2.98. The van der Waals surface area contributed by atoms with Gasteiger partial charge in [-0.25, -0.2) is 9.50 Å². The van der Waals surface area contributed by atoms with Crippen molar-refractivity contribution in [1.82, 2.24) is 14.6 Å². The highest BCUT2D eigenvalue weighted by atomic mass is 32.1. The van der Waals surface area contributed by atoms with Gasteiger partial charge in [0.1, 0.15) is 5.01 Å². The number of rotatable bonds is 2. The molecule has 0 bridgehead atoms. The van der Waals surface area contributed by atoms with Crippen LogP contribution in [0.5, 0.6) is 0 Å². The van der Waals surface area contributed by atoms with Gasteiger partial charge in [0.15, 0.2) is 0 Å². The Bertz CT molecular complexity index is 767. The van der Waals surface area contributed by atoms with Crippen LogP contribution in [-0.4, -0.2) is 14.6 Å². The van der Waals surface area contributed by atoms with Gasteiger partial charge in [-0.2, -0.15) is 5.10 Å². The molecule has 2 aromatic heterocycles. The quantitative estimate of drug-likeness (QED) is 0.557. The molecule has 0 saturated carbocycles. The van der Waals surface area contributed by atoms with Crippen LogP contribution < -0.4 is 0 Å². The van der Waals surface area contributed by atoms with E-state index in [0.29, 0.717) is 5.92 Å². The first kappa shape index (κ1) is 11.2. The van der Waals surface area contributed by atoms with Gasteiger partial charge in [-0.05, 0) is 11.5 Å². The molecule has 1 aliphatic carbocycles. The van der Waals surface area contributed by atoms with Gasteiger partial charge >= 0.3 is 0 Å². The van der Waals surface area contributed by atoms with E-state index < -0.39 is 0 Å². The number of nitrogens with zero attached hydrogens (tertiary/aromatic N) is 3. The SMILES string of the molecule is CC(C)Cc1nn2c3c(nc2s1)-c1ccccc1C3. The summed E-state index contributed by atoms with van der Waals surface area (Å²) in [5.74, 6) is 0.640. The largest absolute Gasteiger partial charge is 0.217 e. The second-order valence-electron chi connectivity index (χ2n) is 5.53. The van der Waals surface area contributed by atoms with Gasteiger partial charge in [-0.3, -0.25) is 0 Å². The first-order valence-corrected chi connectivity index (χ1v) is 7.49. The first-order chi connectivity index (χ1) is 9.22. The van der Waals surface area contributed by atoms with Gasteiger partial charge in [0.25, 0.3) is 0 Å². The Morgan fingerprint density at radius 2 is 2.16 bits per heavy atom. The Balaban J connectivity index is 1.85. The van der Waals surface area contributed by atoms with Crippen molar-refractivity contribution in [2.45, 2.75) is 26.7 Å². The Morgan fingerprint density at radius 1 is 1.32 bits per heavy atom. The van der Waals surface area contributed by atoms with Crippen molar-refractivity contribution in [1.29, 1.82) is 0 Å². The van der Waals surface area contributed by atoms with Crippen LogP contribution in [0.4, 0.5) is 0 Å². The van der Waals surface area contributed by atoms with Gasteiger partial charge < -0.3 is 0 Å². The summed E-state index contributed by atoms with van der Waals surface area (Å²) < 4.78 is 2.05. The summed E-state index contributed by atoms with van der Waals surface area (Å²) in [5, 5.41) is 5.93. The maximum atomic E-state index is 4.78. The van der Waals surface area contributed by atoms with E-state index in [1.165, 1.54) is 21.8 Å². The van der Waals surface area contributed by atoms with Crippen molar-refractivity contribution in [3.05, 3.63) is 40.5 Å². The zero-order valence-corrected chi connectivity index (χ0v) is 11.9. The van der Waals surface area contributed by atoms with Crippen LogP contribution in [-0.2, 0) is 12.8 Å². The summed E-state index contributed by atoms with van der Waals surface area (Å²) in [4.78, 5) is 5.82. The molecular weight excluding hydrogens is 254 g/mol. The van der Waals surface area contributed by atoms with Crippen LogP contribution >= 0.6 is 11.3 Å². The molecule has 96 valence electrons. The van der Waals surface area contributed by atoms with E-state index >= 15 is 0 Å². The van der Waals surface area contributed by atoms with Crippen molar-refractivity contribution >= 4 is 16.3 Å². The molecule has 0 saturated heterocycles. The lowest BCUT2D eigenvalue weighted by Gasteiger charge is -1.97. The topological polar surface area (TPSA) is 30.2 Å². The Morgan fingerprint density at radius 3 is 3.00 bits per heavy atom. The summed E-state index contributed by atoms with van der Waals surface area (Å²) in [6.45, 7) is 4.45. The van der Waals surface area contributed by atoms with Crippen molar-refractivity contribution in [2.75, 3.05) is 0 Å². The second-order valence-corrected chi connectivity index (χ2v) is 6.57. The average molecular weight is 269 g/mol. The molecule has 0 spiro atoms. The first-order valence-electron chi connectivity index (χ1n) is 6.68. The molecule has 0 radical (unpaired) electrons. The second kappa shape index (κ2) is 3.90. The lowest BCUT2D eigenvalue weighted by molar-refractivity contribution is 0.635. The maximum absolute atomic E-state index is 4.78. The zero-order chi connectivity index (χ0) is 13.0. The van der Waals surface area contributed by atoms with Crippen LogP contribution in [0.2, 0.25) is 0 Å². The highest BCUT2D eigenvalue weighted by Crippen LogP contribution is 2.37. The molecule has 0 fully saturated rings. The molecule has 1 aromatic carbocycles. The molecular formula is C15H15N3S. The number of hydrogen-bond donors (Lipinski definition) is 0. The molecule has 3 nitrogen and oxygen atoms in total. The smallest absolute Gasteiger partial charge is 0.212 e. The molecule has 19 heavy (non-hydrogen) atoms. The van der Waals surface area contributed by atoms with Gasteiger partial charge in [0, 0.05) is 18.4 Å². The molecule has 4 rings (SSSR count). The number of benzene rings is 1. The fourth-order valence-corrected chi connectivity index (χ4v) is 3.85. The van der Waals surface area contributed by atoms with Crippen LogP contribution in [0.1, 0.15) is 30.1 Å². The number of hydrogen-bond acceptors (Lipinski definition) is 3. The third kappa shape index (κ3) is 1.63. The minimum absolute atomic E-state index is 0.640. The van der Waals surface area contributed by atoms with Crippen molar-refractivity contribution < 1.29 is 0 Å².